The molecule has 1 aromatic heterocycles. The van der Waals surface area contributed by atoms with Crippen LogP contribution in [-0.2, 0) is 4.74 Å². The van der Waals surface area contributed by atoms with Crippen molar-refractivity contribution < 1.29 is 18.8 Å². The molecule has 0 saturated carbocycles. The van der Waals surface area contributed by atoms with E-state index in [0.29, 0.717) is 40.7 Å². The number of hydrogen-bond acceptors (Lipinski definition) is 6. The second-order valence-corrected chi connectivity index (χ2v) is 6.62. The predicted octanol–water partition coefficient (Wildman–Crippen LogP) is 4.83. The zero-order chi connectivity index (χ0) is 21.6. The molecule has 1 amide bonds. The number of hydrogen-bond donors (Lipinski definition) is 1. The lowest BCUT2D eigenvalue weighted by Crippen LogP contribution is -2.12. The van der Waals surface area contributed by atoms with Crippen molar-refractivity contribution in [3.8, 4) is 22.8 Å². The van der Waals surface area contributed by atoms with Gasteiger partial charge in [-0.25, -0.2) is 4.79 Å². The van der Waals surface area contributed by atoms with Crippen LogP contribution in [0.4, 0.5) is 5.69 Å². The van der Waals surface area contributed by atoms with Gasteiger partial charge in [0, 0.05) is 22.4 Å². The van der Waals surface area contributed by atoms with Crippen LogP contribution in [0.2, 0.25) is 0 Å². The van der Waals surface area contributed by atoms with Crippen LogP contribution in [0.15, 0.2) is 83.4 Å². The molecule has 0 aliphatic carbocycles. The summed E-state index contributed by atoms with van der Waals surface area (Å²) in [7, 11) is 0. The first kappa shape index (κ1) is 20.0. The number of carbonyl (C=O) groups excluding carboxylic acids is 2. The predicted molar refractivity (Wildman–Crippen MR) is 116 cm³/mol. The van der Waals surface area contributed by atoms with E-state index in [1.54, 1.807) is 55.5 Å². The molecule has 0 fully saturated rings. The van der Waals surface area contributed by atoms with E-state index in [-0.39, 0.29) is 5.91 Å². The van der Waals surface area contributed by atoms with Gasteiger partial charge >= 0.3 is 5.97 Å². The van der Waals surface area contributed by atoms with Crippen LogP contribution in [0.5, 0.6) is 0 Å². The molecule has 4 rings (SSSR count). The average Bonchev–Trinajstić information content (AvgIpc) is 3.31. The Morgan fingerprint density at radius 1 is 0.871 bits per heavy atom. The highest BCUT2D eigenvalue weighted by Gasteiger charge is 2.12. The van der Waals surface area contributed by atoms with Gasteiger partial charge in [0.1, 0.15) is 0 Å². The summed E-state index contributed by atoms with van der Waals surface area (Å²) >= 11 is 0. The number of nitrogens with zero attached hydrogens (tertiary/aromatic N) is 2. The minimum atomic E-state index is -0.396. The molecule has 0 atom stereocenters. The largest absolute Gasteiger partial charge is 0.462 e. The maximum atomic E-state index is 12.5. The van der Waals surface area contributed by atoms with E-state index in [9.17, 15) is 9.59 Å². The van der Waals surface area contributed by atoms with Crippen LogP contribution in [-0.4, -0.2) is 28.6 Å². The Balaban J connectivity index is 1.43. The number of anilines is 1. The summed E-state index contributed by atoms with van der Waals surface area (Å²) in [5.41, 5.74) is 3.05. The number of esters is 1. The fourth-order valence-corrected chi connectivity index (χ4v) is 2.92. The standard InChI is InChI=1S/C24H19N3O4/c1-2-30-24(29)19-12-14-20(15-13-19)25-22(28)17-8-10-18(11-9-17)23-26-21(27-31-23)16-6-4-3-5-7-16/h3-15H,2H2,1H3,(H,25,28). The third-order valence-electron chi connectivity index (χ3n) is 4.51. The molecule has 1 N–H and O–H groups in total. The number of benzene rings is 3. The van der Waals surface area contributed by atoms with Crippen molar-refractivity contribution in [3.63, 3.8) is 0 Å². The van der Waals surface area contributed by atoms with E-state index in [0.717, 1.165) is 5.56 Å². The molecule has 0 aliphatic rings. The second kappa shape index (κ2) is 9.04. The lowest BCUT2D eigenvalue weighted by molar-refractivity contribution is 0.0526. The van der Waals surface area contributed by atoms with E-state index in [1.165, 1.54) is 0 Å². The normalized spacial score (nSPS) is 10.5. The summed E-state index contributed by atoms with van der Waals surface area (Å²) in [6.07, 6.45) is 0. The molecule has 4 aromatic rings. The Hall–Kier alpha value is -4.26. The zero-order valence-electron chi connectivity index (χ0n) is 16.7. The first-order chi connectivity index (χ1) is 15.1. The third kappa shape index (κ3) is 4.67. The minimum absolute atomic E-state index is 0.272. The molecule has 0 aliphatic heterocycles. The highest BCUT2D eigenvalue weighted by Crippen LogP contribution is 2.22. The summed E-state index contributed by atoms with van der Waals surface area (Å²) in [5, 5.41) is 6.81. The Bertz CT molecular complexity index is 1180. The summed E-state index contributed by atoms with van der Waals surface area (Å²) in [4.78, 5) is 28.6. The number of aromatic nitrogens is 2. The van der Waals surface area contributed by atoms with Gasteiger partial charge in [-0.1, -0.05) is 35.5 Å². The molecule has 1 heterocycles. The van der Waals surface area contributed by atoms with Gasteiger partial charge < -0.3 is 14.6 Å². The molecule has 0 saturated heterocycles. The minimum Gasteiger partial charge on any atom is -0.462 e. The van der Waals surface area contributed by atoms with Crippen molar-refractivity contribution in [1.29, 1.82) is 0 Å². The first-order valence-corrected chi connectivity index (χ1v) is 9.72. The number of nitrogens with one attached hydrogen (secondary N) is 1. The number of amides is 1. The van der Waals surface area contributed by atoms with Crippen LogP contribution in [0.3, 0.4) is 0 Å². The number of carbonyl (C=O) groups is 2. The monoisotopic (exact) mass is 413 g/mol. The molecule has 154 valence electrons. The van der Waals surface area contributed by atoms with Crippen molar-refractivity contribution in [3.05, 3.63) is 90.0 Å². The molecule has 0 radical (unpaired) electrons. The van der Waals surface area contributed by atoms with Crippen molar-refractivity contribution in [2.24, 2.45) is 0 Å². The highest BCUT2D eigenvalue weighted by atomic mass is 16.5. The molecule has 0 bridgehead atoms. The van der Waals surface area contributed by atoms with Gasteiger partial charge in [-0.05, 0) is 55.5 Å². The van der Waals surface area contributed by atoms with Gasteiger partial charge in [0.25, 0.3) is 11.8 Å². The van der Waals surface area contributed by atoms with Crippen molar-refractivity contribution >= 4 is 17.6 Å². The van der Waals surface area contributed by atoms with Gasteiger partial charge in [-0.15, -0.1) is 0 Å². The SMILES string of the molecule is CCOC(=O)c1ccc(NC(=O)c2ccc(-c3nc(-c4ccccc4)no3)cc2)cc1. The Kier molecular flexibility index (Phi) is 5.84. The topological polar surface area (TPSA) is 94.3 Å². The smallest absolute Gasteiger partial charge is 0.338 e. The van der Waals surface area contributed by atoms with Gasteiger partial charge in [0.2, 0.25) is 5.82 Å². The van der Waals surface area contributed by atoms with E-state index in [4.69, 9.17) is 9.26 Å². The van der Waals surface area contributed by atoms with E-state index in [2.05, 4.69) is 15.5 Å². The van der Waals surface area contributed by atoms with Crippen LogP contribution < -0.4 is 5.32 Å². The maximum Gasteiger partial charge on any atom is 0.338 e. The third-order valence-corrected chi connectivity index (χ3v) is 4.51. The maximum absolute atomic E-state index is 12.5. The molecule has 0 spiro atoms. The van der Waals surface area contributed by atoms with Gasteiger partial charge in [-0.3, -0.25) is 4.79 Å². The number of ether oxygens (including phenoxy) is 1. The Morgan fingerprint density at radius 2 is 1.55 bits per heavy atom. The fourth-order valence-electron chi connectivity index (χ4n) is 2.92. The second-order valence-electron chi connectivity index (χ2n) is 6.62. The summed E-state index contributed by atoms with van der Waals surface area (Å²) < 4.78 is 10.3. The molecular formula is C24H19N3O4. The summed E-state index contributed by atoms with van der Waals surface area (Å²) in [6, 6.07) is 22.9. The molecule has 3 aromatic carbocycles. The number of rotatable bonds is 6. The molecular weight excluding hydrogens is 394 g/mol. The fraction of sp³-hybridized carbons (Fsp3) is 0.0833. The van der Waals surface area contributed by atoms with Gasteiger partial charge in [0.15, 0.2) is 0 Å². The highest BCUT2D eigenvalue weighted by molar-refractivity contribution is 6.04. The zero-order valence-corrected chi connectivity index (χ0v) is 16.7. The average molecular weight is 413 g/mol. The van der Waals surface area contributed by atoms with Gasteiger partial charge in [-0.2, -0.15) is 4.98 Å². The van der Waals surface area contributed by atoms with Crippen molar-refractivity contribution in [2.75, 3.05) is 11.9 Å². The van der Waals surface area contributed by atoms with Crippen LogP contribution >= 0.6 is 0 Å². The van der Waals surface area contributed by atoms with Crippen LogP contribution in [0.1, 0.15) is 27.6 Å². The quantitative estimate of drug-likeness (QED) is 0.455. The van der Waals surface area contributed by atoms with Crippen molar-refractivity contribution in [2.45, 2.75) is 6.92 Å². The summed E-state index contributed by atoms with van der Waals surface area (Å²) in [5.74, 6) is 0.211. The lowest BCUT2D eigenvalue weighted by atomic mass is 10.1. The van der Waals surface area contributed by atoms with E-state index >= 15 is 0 Å². The lowest BCUT2D eigenvalue weighted by Gasteiger charge is -2.07. The van der Waals surface area contributed by atoms with Crippen LogP contribution in [0, 0.1) is 0 Å². The van der Waals surface area contributed by atoms with E-state index in [1.807, 2.05) is 30.3 Å². The molecule has 31 heavy (non-hydrogen) atoms. The van der Waals surface area contributed by atoms with Gasteiger partial charge in [0.05, 0.1) is 12.2 Å². The molecule has 0 unspecified atom stereocenters. The Morgan fingerprint density at radius 3 is 2.23 bits per heavy atom. The molecule has 7 nitrogen and oxygen atoms in total. The summed E-state index contributed by atoms with van der Waals surface area (Å²) in [6.45, 7) is 2.06. The first-order valence-electron chi connectivity index (χ1n) is 9.72. The van der Waals surface area contributed by atoms with Crippen LogP contribution in [0.25, 0.3) is 22.8 Å². The Labute approximate surface area is 178 Å². The van der Waals surface area contributed by atoms with Crippen molar-refractivity contribution in [1.82, 2.24) is 10.1 Å². The molecule has 7 heteroatoms. The van der Waals surface area contributed by atoms with E-state index < -0.39 is 5.97 Å².